The molecule has 9 heteroatoms. The number of aromatic nitrogens is 3. The lowest BCUT2D eigenvalue weighted by Gasteiger charge is -2.06. The molecule has 2 aromatic heterocycles. The summed E-state index contributed by atoms with van der Waals surface area (Å²) in [5.74, 6) is -0.244. The molecule has 168 valence electrons. The molecular weight excluding hydrogens is 424 g/mol. The van der Waals surface area contributed by atoms with Crippen molar-refractivity contribution in [2.75, 3.05) is 11.9 Å². The maximum absolute atomic E-state index is 12.4. The number of rotatable bonds is 7. The van der Waals surface area contributed by atoms with E-state index in [1.165, 1.54) is 0 Å². The monoisotopic (exact) mass is 446 g/mol. The second-order valence-electron chi connectivity index (χ2n) is 7.46. The van der Waals surface area contributed by atoms with E-state index in [9.17, 15) is 14.4 Å². The number of H-pyrrole nitrogens is 1. The number of benzene rings is 2. The Hall–Kier alpha value is -4.27. The maximum Gasteiger partial charge on any atom is 0.338 e. The van der Waals surface area contributed by atoms with Crippen LogP contribution in [0.4, 0.5) is 5.69 Å². The minimum Gasteiger partial charge on any atom is -0.462 e. The molecule has 0 atom stereocenters. The summed E-state index contributed by atoms with van der Waals surface area (Å²) in [6, 6.07) is 13.9. The molecule has 2 aromatic carbocycles. The number of fused-ring (bicyclic) bond motifs is 1. The fourth-order valence-electron chi connectivity index (χ4n) is 3.31. The number of carbonyl (C=O) groups is 2. The van der Waals surface area contributed by atoms with E-state index in [1.54, 1.807) is 37.3 Å². The number of aromatic amines is 1. The quantitative estimate of drug-likeness (QED) is 0.415. The van der Waals surface area contributed by atoms with Crippen molar-refractivity contribution < 1.29 is 18.8 Å². The average Bonchev–Trinajstić information content (AvgIpc) is 3.27. The third kappa shape index (κ3) is 5.15. The van der Waals surface area contributed by atoms with Crippen LogP contribution >= 0.6 is 0 Å². The minimum atomic E-state index is -0.414. The number of aryl methyl sites for hydroxylation is 2. The van der Waals surface area contributed by atoms with Crippen LogP contribution in [0.5, 0.6) is 0 Å². The molecule has 0 aliphatic heterocycles. The molecule has 9 nitrogen and oxygen atoms in total. The van der Waals surface area contributed by atoms with E-state index >= 15 is 0 Å². The van der Waals surface area contributed by atoms with Crippen LogP contribution in [-0.4, -0.2) is 33.6 Å². The lowest BCUT2D eigenvalue weighted by atomic mass is 10.1. The summed E-state index contributed by atoms with van der Waals surface area (Å²) in [5, 5.41) is 7.51. The summed E-state index contributed by atoms with van der Waals surface area (Å²) in [4.78, 5) is 43.5. The van der Waals surface area contributed by atoms with E-state index < -0.39 is 5.97 Å². The first-order chi connectivity index (χ1) is 15.9. The predicted octanol–water partition coefficient (Wildman–Crippen LogP) is 3.63. The maximum atomic E-state index is 12.4. The highest BCUT2D eigenvalue weighted by Crippen LogP contribution is 2.19. The summed E-state index contributed by atoms with van der Waals surface area (Å²) in [6.07, 6.45) is 0.318. The Kier molecular flexibility index (Phi) is 6.30. The molecule has 0 saturated heterocycles. The summed E-state index contributed by atoms with van der Waals surface area (Å²) in [6.45, 7) is 4.00. The van der Waals surface area contributed by atoms with E-state index in [0.29, 0.717) is 23.4 Å². The third-order valence-electron chi connectivity index (χ3n) is 4.95. The van der Waals surface area contributed by atoms with E-state index in [-0.39, 0.29) is 36.0 Å². The Balaban J connectivity index is 1.39. The molecule has 4 aromatic rings. The van der Waals surface area contributed by atoms with Crippen molar-refractivity contribution in [1.82, 2.24) is 15.1 Å². The van der Waals surface area contributed by atoms with Crippen molar-refractivity contribution in [2.45, 2.75) is 26.7 Å². The van der Waals surface area contributed by atoms with Crippen LogP contribution in [0, 0.1) is 6.92 Å². The molecule has 0 radical (unpaired) electrons. The van der Waals surface area contributed by atoms with Crippen molar-refractivity contribution in [1.29, 1.82) is 0 Å². The van der Waals surface area contributed by atoms with Crippen LogP contribution in [-0.2, 0) is 16.0 Å². The molecule has 0 aliphatic carbocycles. The van der Waals surface area contributed by atoms with Crippen molar-refractivity contribution >= 4 is 28.5 Å². The fourth-order valence-corrected chi connectivity index (χ4v) is 3.31. The summed E-state index contributed by atoms with van der Waals surface area (Å²) in [7, 11) is 0. The number of esters is 1. The van der Waals surface area contributed by atoms with Gasteiger partial charge in [-0.2, -0.15) is 4.98 Å². The van der Waals surface area contributed by atoms with Gasteiger partial charge in [-0.25, -0.2) is 4.79 Å². The number of anilines is 1. The predicted molar refractivity (Wildman–Crippen MR) is 122 cm³/mol. The number of nitrogens with one attached hydrogen (secondary N) is 2. The van der Waals surface area contributed by atoms with Gasteiger partial charge in [-0.3, -0.25) is 9.59 Å². The molecule has 1 amide bonds. The number of ether oxygens (including phenoxy) is 1. The number of nitrogens with zero attached hydrogens (tertiary/aromatic N) is 2. The highest BCUT2D eigenvalue weighted by Gasteiger charge is 2.15. The number of carbonyl (C=O) groups excluding carboxylic acids is 2. The van der Waals surface area contributed by atoms with Crippen molar-refractivity contribution in [2.24, 2.45) is 0 Å². The van der Waals surface area contributed by atoms with Gasteiger partial charge in [0.25, 0.3) is 5.56 Å². The third-order valence-corrected chi connectivity index (χ3v) is 4.95. The second kappa shape index (κ2) is 9.47. The van der Waals surface area contributed by atoms with E-state index in [0.717, 1.165) is 16.5 Å². The number of hydrogen-bond acceptors (Lipinski definition) is 7. The van der Waals surface area contributed by atoms with Gasteiger partial charge in [0, 0.05) is 24.0 Å². The molecule has 2 N–H and O–H groups in total. The van der Waals surface area contributed by atoms with Crippen LogP contribution in [0.25, 0.3) is 22.3 Å². The van der Waals surface area contributed by atoms with Gasteiger partial charge in [-0.05, 0) is 61.7 Å². The molecule has 0 aliphatic rings. The van der Waals surface area contributed by atoms with Gasteiger partial charge in [0.1, 0.15) is 0 Å². The topological polar surface area (TPSA) is 127 Å². The largest absolute Gasteiger partial charge is 0.462 e. The zero-order valence-corrected chi connectivity index (χ0v) is 18.2. The Morgan fingerprint density at radius 3 is 2.67 bits per heavy atom. The van der Waals surface area contributed by atoms with Crippen molar-refractivity contribution in [3.63, 3.8) is 0 Å². The van der Waals surface area contributed by atoms with Crippen LogP contribution < -0.4 is 10.9 Å². The first kappa shape index (κ1) is 21.9. The van der Waals surface area contributed by atoms with Gasteiger partial charge in [0.2, 0.25) is 17.6 Å². The molecule has 4 rings (SSSR count). The highest BCUT2D eigenvalue weighted by molar-refractivity contribution is 5.93. The normalized spacial score (nSPS) is 10.8. The van der Waals surface area contributed by atoms with Crippen LogP contribution in [0.1, 0.15) is 35.2 Å². The van der Waals surface area contributed by atoms with Gasteiger partial charge < -0.3 is 19.6 Å². The molecular formula is C24H22N4O5. The van der Waals surface area contributed by atoms with E-state index in [4.69, 9.17) is 9.26 Å². The first-order valence-electron chi connectivity index (χ1n) is 10.5. The first-order valence-corrected chi connectivity index (χ1v) is 10.5. The van der Waals surface area contributed by atoms with Crippen molar-refractivity contribution in [3.05, 3.63) is 75.9 Å². The summed E-state index contributed by atoms with van der Waals surface area (Å²) in [5.41, 5.74) is 2.74. The van der Waals surface area contributed by atoms with E-state index in [2.05, 4.69) is 20.4 Å². The Morgan fingerprint density at radius 2 is 1.91 bits per heavy atom. The number of hydrogen-bond donors (Lipinski definition) is 2. The molecule has 0 saturated carbocycles. The standard InChI is InChI=1S/C24H22N4O5/c1-3-32-24(31)15-5-7-17(8-6-15)25-20(29)10-11-21-27-22(28-33-21)18-13-16-12-14(2)4-9-19(16)26-23(18)30/h4-9,12-13H,3,10-11H2,1-2H3,(H,25,29)(H,26,30). The number of amides is 1. The SMILES string of the molecule is CCOC(=O)c1ccc(NC(=O)CCc2nc(-c3cc4cc(C)ccc4[nH]c3=O)no2)cc1. The zero-order valence-electron chi connectivity index (χ0n) is 18.2. The number of pyridine rings is 1. The highest BCUT2D eigenvalue weighted by atomic mass is 16.5. The van der Waals surface area contributed by atoms with Crippen LogP contribution in [0.2, 0.25) is 0 Å². The smallest absolute Gasteiger partial charge is 0.338 e. The van der Waals surface area contributed by atoms with Crippen molar-refractivity contribution in [3.8, 4) is 11.4 Å². The summed E-state index contributed by atoms with van der Waals surface area (Å²) < 4.78 is 10.2. The van der Waals surface area contributed by atoms with Gasteiger partial charge >= 0.3 is 5.97 Å². The lowest BCUT2D eigenvalue weighted by molar-refractivity contribution is -0.116. The van der Waals surface area contributed by atoms with Gasteiger partial charge in [-0.15, -0.1) is 0 Å². The van der Waals surface area contributed by atoms with Crippen LogP contribution in [0.3, 0.4) is 0 Å². The average molecular weight is 446 g/mol. The van der Waals surface area contributed by atoms with Crippen LogP contribution in [0.15, 0.2) is 57.8 Å². The van der Waals surface area contributed by atoms with Gasteiger partial charge in [0.15, 0.2) is 0 Å². The molecule has 0 fully saturated rings. The lowest BCUT2D eigenvalue weighted by Crippen LogP contribution is -2.13. The molecule has 0 bridgehead atoms. The second-order valence-corrected chi connectivity index (χ2v) is 7.46. The van der Waals surface area contributed by atoms with Gasteiger partial charge in [-0.1, -0.05) is 16.8 Å². The molecule has 33 heavy (non-hydrogen) atoms. The fraction of sp³-hybridized carbons (Fsp3) is 0.208. The summed E-state index contributed by atoms with van der Waals surface area (Å²) >= 11 is 0. The zero-order chi connectivity index (χ0) is 23.4. The molecule has 0 spiro atoms. The van der Waals surface area contributed by atoms with Gasteiger partial charge in [0.05, 0.1) is 17.7 Å². The molecule has 2 heterocycles. The Bertz CT molecular complexity index is 1370. The Morgan fingerprint density at radius 1 is 1.12 bits per heavy atom. The molecule has 0 unspecified atom stereocenters. The van der Waals surface area contributed by atoms with E-state index in [1.807, 2.05) is 25.1 Å². The Labute approximate surface area is 188 Å². The minimum absolute atomic E-state index is 0.106.